The zero-order chi connectivity index (χ0) is 16.1. The quantitative estimate of drug-likeness (QED) is 0.737. The van der Waals surface area contributed by atoms with E-state index in [1.54, 1.807) is 4.90 Å². The summed E-state index contributed by atoms with van der Waals surface area (Å²) >= 11 is 3.41. The van der Waals surface area contributed by atoms with Crippen molar-refractivity contribution < 1.29 is 14.6 Å². The van der Waals surface area contributed by atoms with Crippen molar-refractivity contribution in [2.24, 2.45) is 0 Å². The Morgan fingerprint density at radius 1 is 0.870 bits per heavy atom. The maximum absolute atomic E-state index is 12.4. The number of Topliss-reactive ketones (excluding diaryl/α,β-unsaturated/α-hetero) is 1. The van der Waals surface area contributed by atoms with Gasteiger partial charge < -0.3 is 9.80 Å². The predicted molar refractivity (Wildman–Crippen MR) is 94.9 cm³/mol. The summed E-state index contributed by atoms with van der Waals surface area (Å²) in [5.74, 6) is 0.249. The minimum atomic E-state index is 0.249. The van der Waals surface area contributed by atoms with E-state index in [2.05, 4.69) is 46.3 Å². The molecule has 1 aliphatic heterocycles. The van der Waals surface area contributed by atoms with Gasteiger partial charge in [-0.3, -0.25) is 4.79 Å². The Kier molecular flexibility index (Phi) is 5.60. The zero-order valence-corrected chi connectivity index (χ0v) is 14.8. The summed E-state index contributed by atoms with van der Waals surface area (Å²) in [4.78, 5) is 15.4. The first kappa shape index (κ1) is 16.4. The van der Waals surface area contributed by atoms with E-state index in [-0.39, 0.29) is 5.78 Å². The van der Waals surface area contributed by atoms with Gasteiger partial charge in [-0.05, 0) is 12.1 Å². The van der Waals surface area contributed by atoms with Gasteiger partial charge in [0.25, 0.3) is 0 Å². The van der Waals surface area contributed by atoms with Crippen LogP contribution in [0, 0.1) is 0 Å². The lowest BCUT2D eigenvalue weighted by atomic mass is 10.1. The van der Waals surface area contributed by atoms with Crippen molar-refractivity contribution >= 4 is 21.7 Å². The first-order valence-electron chi connectivity index (χ1n) is 8.20. The van der Waals surface area contributed by atoms with Gasteiger partial charge in [-0.15, -0.1) is 0 Å². The number of rotatable bonds is 5. The highest BCUT2D eigenvalue weighted by Gasteiger charge is 2.25. The number of piperazine rings is 1. The molecular weight excluding hydrogens is 352 g/mol. The number of quaternary nitrogens is 2. The molecule has 4 heteroatoms. The molecule has 0 aromatic heterocycles. The van der Waals surface area contributed by atoms with Gasteiger partial charge in [0.05, 0.1) is 0 Å². The predicted octanol–water partition coefficient (Wildman–Crippen LogP) is 0.615. The monoisotopic (exact) mass is 374 g/mol. The summed E-state index contributed by atoms with van der Waals surface area (Å²) in [6.45, 7) is 6.12. The normalized spacial score (nSPS) is 21.1. The van der Waals surface area contributed by atoms with Crippen LogP contribution in [0.1, 0.15) is 15.9 Å². The van der Waals surface area contributed by atoms with Gasteiger partial charge in [0.2, 0.25) is 5.78 Å². The van der Waals surface area contributed by atoms with Crippen LogP contribution in [0.4, 0.5) is 0 Å². The average Bonchev–Trinajstić information content (AvgIpc) is 2.58. The van der Waals surface area contributed by atoms with Crippen LogP contribution >= 0.6 is 15.9 Å². The largest absolute Gasteiger partial charge is 0.322 e. The van der Waals surface area contributed by atoms with Crippen LogP contribution in [0.25, 0.3) is 0 Å². The van der Waals surface area contributed by atoms with E-state index in [9.17, 15) is 4.79 Å². The summed E-state index contributed by atoms with van der Waals surface area (Å²) in [5.41, 5.74) is 2.22. The second-order valence-corrected chi connectivity index (χ2v) is 7.18. The lowest BCUT2D eigenvalue weighted by molar-refractivity contribution is -1.01. The Balaban J connectivity index is 1.47. The second kappa shape index (κ2) is 7.86. The minimum Gasteiger partial charge on any atom is -0.322 e. The standard InChI is InChI=1S/C19H21BrN2O/c20-18-8-6-17(7-9-18)19(23)15-22-12-10-21(11-13-22)14-16-4-2-1-3-5-16/h1-9H,10-15H2/p+2. The maximum atomic E-state index is 12.4. The number of nitrogens with one attached hydrogen (secondary N) is 2. The molecule has 3 rings (SSSR count). The first-order chi connectivity index (χ1) is 11.2. The number of ketones is 1. The summed E-state index contributed by atoms with van der Waals surface area (Å²) in [6.07, 6.45) is 0. The second-order valence-electron chi connectivity index (χ2n) is 6.27. The van der Waals surface area contributed by atoms with Crippen molar-refractivity contribution in [3.05, 3.63) is 70.2 Å². The third-order valence-electron chi connectivity index (χ3n) is 4.54. The summed E-state index contributed by atoms with van der Waals surface area (Å²) in [6, 6.07) is 18.3. The van der Waals surface area contributed by atoms with Crippen LogP contribution in [-0.2, 0) is 6.54 Å². The van der Waals surface area contributed by atoms with Crippen LogP contribution in [0.5, 0.6) is 0 Å². The molecule has 0 bridgehead atoms. The van der Waals surface area contributed by atoms with Gasteiger partial charge in [0.15, 0.2) is 0 Å². The highest BCUT2D eigenvalue weighted by atomic mass is 79.9. The molecule has 0 spiro atoms. The first-order valence-corrected chi connectivity index (χ1v) is 9.00. The van der Waals surface area contributed by atoms with E-state index in [4.69, 9.17) is 0 Å². The lowest BCUT2D eigenvalue weighted by Crippen LogP contribution is -3.27. The number of carbonyl (C=O) groups excluding carboxylic acids is 1. The van der Waals surface area contributed by atoms with Crippen LogP contribution in [0.2, 0.25) is 0 Å². The van der Waals surface area contributed by atoms with E-state index in [0.717, 1.165) is 42.8 Å². The van der Waals surface area contributed by atoms with E-state index in [1.807, 2.05) is 24.3 Å². The Morgan fingerprint density at radius 2 is 1.48 bits per heavy atom. The molecular formula is C19H23BrN2O+2. The van der Waals surface area contributed by atoms with Crippen molar-refractivity contribution in [2.45, 2.75) is 6.54 Å². The number of hydrogen-bond acceptors (Lipinski definition) is 1. The maximum Gasteiger partial charge on any atom is 0.216 e. The third-order valence-corrected chi connectivity index (χ3v) is 5.07. The van der Waals surface area contributed by atoms with Gasteiger partial charge in [-0.25, -0.2) is 0 Å². The van der Waals surface area contributed by atoms with Crippen LogP contribution < -0.4 is 9.80 Å². The fraction of sp³-hybridized carbons (Fsp3) is 0.316. The molecule has 0 radical (unpaired) electrons. The van der Waals surface area contributed by atoms with Crippen LogP contribution in [0.15, 0.2) is 59.1 Å². The molecule has 0 unspecified atom stereocenters. The van der Waals surface area contributed by atoms with E-state index < -0.39 is 0 Å². The SMILES string of the molecule is O=C(C[NH+]1CC[NH+](Cc2ccccc2)CC1)c1ccc(Br)cc1. The number of carbonyl (C=O) groups is 1. The van der Waals surface area contributed by atoms with Gasteiger partial charge in [0.1, 0.15) is 39.3 Å². The molecule has 0 aliphatic carbocycles. The van der Waals surface area contributed by atoms with E-state index in [0.29, 0.717) is 6.54 Å². The van der Waals surface area contributed by atoms with E-state index >= 15 is 0 Å². The molecule has 120 valence electrons. The third kappa shape index (κ3) is 4.74. The fourth-order valence-corrected chi connectivity index (χ4v) is 3.42. The topological polar surface area (TPSA) is 26.0 Å². The van der Waals surface area contributed by atoms with Crippen molar-refractivity contribution in [1.82, 2.24) is 0 Å². The number of benzene rings is 2. The molecule has 1 aliphatic rings. The molecule has 23 heavy (non-hydrogen) atoms. The Bertz CT molecular complexity index is 634. The van der Waals surface area contributed by atoms with Crippen LogP contribution in [0.3, 0.4) is 0 Å². The van der Waals surface area contributed by atoms with Crippen molar-refractivity contribution in [3.8, 4) is 0 Å². The van der Waals surface area contributed by atoms with Crippen LogP contribution in [-0.4, -0.2) is 38.5 Å². The molecule has 2 aromatic rings. The molecule has 2 N–H and O–H groups in total. The summed E-state index contributed by atoms with van der Waals surface area (Å²) in [7, 11) is 0. The number of halogens is 1. The highest BCUT2D eigenvalue weighted by Crippen LogP contribution is 2.10. The van der Waals surface area contributed by atoms with Crippen molar-refractivity contribution in [2.75, 3.05) is 32.7 Å². The summed E-state index contributed by atoms with van der Waals surface area (Å²) < 4.78 is 1.01. The minimum absolute atomic E-state index is 0.249. The van der Waals surface area contributed by atoms with Crippen molar-refractivity contribution in [1.29, 1.82) is 0 Å². The lowest BCUT2D eigenvalue weighted by Gasteiger charge is -2.29. The van der Waals surface area contributed by atoms with E-state index in [1.165, 1.54) is 10.5 Å². The Morgan fingerprint density at radius 3 is 2.13 bits per heavy atom. The zero-order valence-electron chi connectivity index (χ0n) is 13.2. The van der Waals surface area contributed by atoms with Gasteiger partial charge in [-0.1, -0.05) is 58.4 Å². The molecule has 0 saturated carbocycles. The summed E-state index contributed by atoms with van der Waals surface area (Å²) in [5, 5.41) is 0. The smallest absolute Gasteiger partial charge is 0.216 e. The van der Waals surface area contributed by atoms with Gasteiger partial charge in [0, 0.05) is 15.6 Å². The highest BCUT2D eigenvalue weighted by molar-refractivity contribution is 9.10. The molecule has 0 atom stereocenters. The molecule has 1 fully saturated rings. The molecule has 1 heterocycles. The number of hydrogen-bond donors (Lipinski definition) is 2. The van der Waals surface area contributed by atoms with Crippen molar-refractivity contribution in [3.63, 3.8) is 0 Å². The molecule has 2 aromatic carbocycles. The fourth-order valence-electron chi connectivity index (χ4n) is 3.16. The average molecular weight is 375 g/mol. The Hall–Kier alpha value is -1.49. The van der Waals surface area contributed by atoms with Gasteiger partial charge >= 0.3 is 0 Å². The Labute approximate surface area is 146 Å². The molecule has 1 saturated heterocycles. The molecule has 0 amide bonds. The van der Waals surface area contributed by atoms with Gasteiger partial charge in [-0.2, -0.15) is 0 Å². The molecule has 3 nitrogen and oxygen atoms in total.